The van der Waals surface area contributed by atoms with E-state index in [0.29, 0.717) is 43.2 Å². The Balaban J connectivity index is 1.50. The monoisotopic (exact) mass is 396 g/mol. The Morgan fingerprint density at radius 3 is 2.79 bits per heavy atom. The first-order chi connectivity index (χ1) is 14.2. The normalized spacial score (nSPS) is 17.6. The molecule has 1 aromatic heterocycles. The summed E-state index contributed by atoms with van der Waals surface area (Å²) >= 11 is 0. The molecule has 1 aliphatic carbocycles. The fraction of sp³-hybridized carbons (Fsp3) is 0.500. The molecule has 4 rings (SSSR count). The molecule has 2 aliphatic rings. The minimum absolute atomic E-state index is 0.0628. The number of benzene rings is 1. The highest BCUT2D eigenvalue weighted by molar-refractivity contribution is 6.03. The number of nitrogens with zero attached hydrogens (tertiary/aromatic N) is 3. The number of aromatic nitrogens is 2. The maximum Gasteiger partial charge on any atom is 0.255 e. The van der Waals surface area contributed by atoms with E-state index in [1.165, 1.54) is 12.8 Å². The summed E-state index contributed by atoms with van der Waals surface area (Å²) in [6, 6.07) is 8.85. The summed E-state index contributed by atoms with van der Waals surface area (Å²) in [7, 11) is 0. The second-order valence-corrected chi connectivity index (χ2v) is 8.02. The van der Waals surface area contributed by atoms with E-state index >= 15 is 0 Å². The van der Waals surface area contributed by atoms with Crippen molar-refractivity contribution in [3.8, 4) is 0 Å². The summed E-state index contributed by atoms with van der Waals surface area (Å²) in [6.45, 7) is 1.17. The van der Waals surface area contributed by atoms with E-state index in [-0.39, 0.29) is 18.4 Å². The van der Waals surface area contributed by atoms with Gasteiger partial charge in [0.1, 0.15) is 6.04 Å². The van der Waals surface area contributed by atoms with Crippen LogP contribution in [0.4, 0.5) is 5.82 Å². The molecular formula is C22H28N4O3. The Labute approximate surface area is 170 Å². The maximum absolute atomic E-state index is 13.2. The Hall–Kier alpha value is -2.67. The average Bonchev–Trinajstić information content (AvgIpc) is 3.46. The van der Waals surface area contributed by atoms with Crippen molar-refractivity contribution in [1.82, 2.24) is 14.7 Å². The zero-order valence-electron chi connectivity index (χ0n) is 16.6. The van der Waals surface area contributed by atoms with E-state index in [2.05, 4.69) is 10.4 Å². The van der Waals surface area contributed by atoms with Crippen LogP contribution in [-0.4, -0.2) is 44.3 Å². The van der Waals surface area contributed by atoms with Crippen molar-refractivity contribution in [3.63, 3.8) is 0 Å². The molecule has 0 bridgehead atoms. The molecule has 2 amide bonds. The van der Waals surface area contributed by atoms with Gasteiger partial charge in [-0.3, -0.25) is 14.3 Å². The van der Waals surface area contributed by atoms with Crippen LogP contribution in [-0.2, 0) is 17.9 Å². The van der Waals surface area contributed by atoms with Gasteiger partial charge in [-0.05, 0) is 30.4 Å². The smallest absolute Gasteiger partial charge is 0.255 e. The molecule has 7 nitrogen and oxygen atoms in total. The van der Waals surface area contributed by atoms with Crippen LogP contribution in [0.15, 0.2) is 36.5 Å². The Morgan fingerprint density at radius 2 is 2.03 bits per heavy atom. The van der Waals surface area contributed by atoms with Gasteiger partial charge in [-0.2, -0.15) is 5.10 Å². The van der Waals surface area contributed by atoms with Crippen LogP contribution in [0.3, 0.4) is 0 Å². The van der Waals surface area contributed by atoms with Gasteiger partial charge < -0.3 is 15.3 Å². The van der Waals surface area contributed by atoms with Gasteiger partial charge in [-0.1, -0.05) is 43.9 Å². The number of aryl methyl sites for hydroxylation is 1. The third-order valence-electron chi connectivity index (χ3n) is 6.00. The standard InChI is InChI=1S/C22H28N4O3/c27-13-5-11-25-12-10-20(24-25)23-21(28)19(14-16-6-1-2-7-16)26-15-17-8-3-4-9-18(17)22(26)29/h3-4,8-10,12,16,19,27H,1-2,5-7,11,13-15H2,(H,23,24,28). The lowest BCUT2D eigenvalue weighted by atomic mass is 9.96. The van der Waals surface area contributed by atoms with Gasteiger partial charge in [0.05, 0.1) is 0 Å². The molecule has 0 spiro atoms. The summed E-state index contributed by atoms with van der Waals surface area (Å²) in [5.74, 6) is 0.718. The molecule has 0 radical (unpaired) electrons. The molecule has 1 saturated carbocycles. The summed E-state index contributed by atoms with van der Waals surface area (Å²) in [6.07, 6.45) is 7.72. The maximum atomic E-state index is 13.2. The van der Waals surface area contributed by atoms with Crippen LogP contribution in [0.1, 0.15) is 54.4 Å². The predicted molar refractivity (Wildman–Crippen MR) is 109 cm³/mol. The molecule has 1 fully saturated rings. The summed E-state index contributed by atoms with van der Waals surface area (Å²) in [5, 5.41) is 16.2. The molecule has 2 aromatic rings. The first-order valence-electron chi connectivity index (χ1n) is 10.5. The zero-order valence-corrected chi connectivity index (χ0v) is 16.6. The first-order valence-corrected chi connectivity index (χ1v) is 10.5. The van der Waals surface area contributed by atoms with Crippen LogP contribution in [0, 0.1) is 5.92 Å². The van der Waals surface area contributed by atoms with Gasteiger partial charge in [0, 0.05) is 37.5 Å². The highest BCUT2D eigenvalue weighted by atomic mass is 16.3. The molecule has 0 saturated heterocycles. The van der Waals surface area contributed by atoms with E-state index in [0.717, 1.165) is 18.4 Å². The molecule has 1 atom stereocenters. The third kappa shape index (κ3) is 4.34. The molecule has 29 heavy (non-hydrogen) atoms. The van der Waals surface area contributed by atoms with E-state index in [4.69, 9.17) is 5.11 Å². The second-order valence-electron chi connectivity index (χ2n) is 8.02. The molecule has 1 unspecified atom stereocenters. The van der Waals surface area contributed by atoms with Gasteiger partial charge in [0.2, 0.25) is 5.91 Å². The number of hydrogen-bond donors (Lipinski definition) is 2. The van der Waals surface area contributed by atoms with Gasteiger partial charge in [-0.15, -0.1) is 0 Å². The van der Waals surface area contributed by atoms with Crippen molar-refractivity contribution >= 4 is 17.6 Å². The van der Waals surface area contributed by atoms with E-state index < -0.39 is 6.04 Å². The van der Waals surface area contributed by atoms with Crippen LogP contribution in [0.25, 0.3) is 0 Å². The van der Waals surface area contributed by atoms with Gasteiger partial charge in [0.15, 0.2) is 5.82 Å². The molecule has 154 valence electrons. The zero-order chi connectivity index (χ0) is 20.2. The van der Waals surface area contributed by atoms with Crippen molar-refractivity contribution in [2.75, 3.05) is 11.9 Å². The number of rotatable bonds is 8. The number of anilines is 1. The highest BCUT2D eigenvalue weighted by Crippen LogP contribution is 2.33. The lowest BCUT2D eigenvalue weighted by Gasteiger charge is -2.28. The molecular weight excluding hydrogens is 368 g/mol. The number of hydrogen-bond acceptors (Lipinski definition) is 4. The van der Waals surface area contributed by atoms with E-state index in [1.54, 1.807) is 21.8 Å². The fourth-order valence-corrected chi connectivity index (χ4v) is 4.46. The van der Waals surface area contributed by atoms with Gasteiger partial charge in [0.25, 0.3) is 5.91 Å². The third-order valence-corrected chi connectivity index (χ3v) is 6.00. The predicted octanol–water partition coefficient (Wildman–Crippen LogP) is 2.81. The second kappa shape index (κ2) is 8.78. The average molecular weight is 396 g/mol. The van der Waals surface area contributed by atoms with Crippen molar-refractivity contribution in [2.45, 2.75) is 57.7 Å². The van der Waals surface area contributed by atoms with Crippen molar-refractivity contribution in [1.29, 1.82) is 0 Å². The van der Waals surface area contributed by atoms with Crippen LogP contribution < -0.4 is 5.32 Å². The van der Waals surface area contributed by atoms with Gasteiger partial charge >= 0.3 is 0 Å². The summed E-state index contributed by atoms with van der Waals surface area (Å²) in [4.78, 5) is 27.9. The van der Waals surface area contributed by atoms with E-state index in [9.17, 15) is 9.59 Å². The Kier molecular flexibility index (Phi) is 5.94. The van der Waals surface area contributed by atoms with Crippen LogP contribution >= 0.6 is 0 Å². The fourth-order valence-electron chi connectivity index (χ4n) is 4.46. The Morgan fingerprint density at radius 1 is 1.24 bits per heavy atom. The number of aliphatic hydroxyl groups is 1. The number of amides is 2. The molecule has 1 aromatic carbocycles. The minimum atomic E-state index is -0.499. The number of fused-ring (bicyclic) bond motifs is 1. The van der Waals surface area contributed by atoms with Crippen LogP contribution in [0.5, 0.6) is 0 Å². The van der Waals surface area contributed by atoms with Crippen molar-refractivity contribution in [3.05, 3.63) is 47.7 Å². The van der Waals surface area contributed by atoms with Crippen LogP contribution in [0.2, 0.25) is 0 Å². The SMILES string of the molecule is O=C(Nc1ccn(CCCO)n1)C(CC1CCCC1)N1Cc2ccccc2C1=O. The molecule has 7 heteroatoms. The molecule has 2 N–H and O–H groups in total. The largest absolute Gasteiger partial charge is 0.396 e. The summed E-state index contributed by atoms with van der Waals surface area (Å²) in [5.41, 5.74) is 1.68. The first kappa shape index (κ1) is 19.6. The number of carbonyl (C=O) groups is 2. The van der Waals surface area contributed by atoms with E-state index in [1.807, 2.05) is 24.3 Å². The van der Waals surface area contributed by atoms with Gasteiger partial charge in [-0.25, -0.2) is 0 Å². The number of aliphatic hydroxyl groups excluding tert-OH is 1. The topological polar surface area (TPSA) is 87.5 Å². The highest BCUT2D eigenvalue weighted by Gasteiger charge is 2.38. The summed E-state index contributed by atoms with van der Waals surface area (Å²) < 4.78 is 1.70. The lowest BCUT2D eigenvalue weighted by molar-refractivity contribution is -0.121. The lowest BCUT2D eigenvalue weighted by Crippen LogP contribution is -2.45. The number of nitrogens with one attached hydrogen (secondary N) is 1. The Bertz CT molecular complexity index is 872. The number of carbonyl (C=O) groups excluding carboxylic acids is 2. The van der Waals surface area contributed by atoms with Crippen molar-refractivity contribution in [2.24, 2.45) is 5.92 Å². The molecule has 1 aliphatic heterocycles. The minimum Gasteiger partial charge on any atom is -0.396 e. The molecule has 2 heterocycles. The quantitative estimate of drug-likeness (QED) is 0.718. The van der Waals surface area contributed by atoms with Crippen molar-refractivity contribution < 1.29 is 14.7 Å².